The van der Waals surface area contributed by atoms with Crippen molar-refractivity contribution in [3.63, 3.8) is 0 Å². The molecule has 0 spiro atoms. The van der Waals surface area contributed by atoms with Crippen molar-refractivity contribution in [2.45, 2.75) is 71.3 Å². The zero-order valence-corrected chi connectivity index (χ0v) is 23.7. The van der Waals surface area contributed by atoms with Crippen molar-refractivity contribution >= 4 is 23.2 Å². The van der Waals surface area contributed by atoms with Gasteiger partial charge in [-0.25, -0.2) is 0 Å². The van der Waals surface area contributed by atoms with Crippen LogP contribution >= 0.6 is 0 Å². The average Bonchev–Trinajstić information content (AvgIpc) is 2.97. The number of rotatable bonds is 14. The molecule has 2 aliphatic heterocycles. The van der Waals surface area contributed by atoms with E-state index in [1.54, 1.807) is 0 Å². The first-order valence-electron chi connectivity index (χ1n) is 15.0. The summed E-state index contributed by atoms with van der Waals surface area (Å²) in [7, 11) is 0. The van der Waals surface area contributed by atoms with Gasteiger partial charge in [-0.1, -0.05) is 63.3 Å². The van der Waals surface area contributed by atoms with Crippen molar-refractivity contribution in [3.8, 4) is 0 Å². The third-order valence-corrected chi connectivity index (χ3v) is 7.79. The van der Waals surface area contributed by atoms with Crippen molar-refractivity contribution in [1.29, 1.82) is 0 Å². The largest absolute Gasteiger partial charge is 0.379 e. The second-order valence-electron chi connectivity index (χ2n) is 10.8. The van der Waals surface area contributed by atoms with E-state index >= 15 is 0 Å². The van der Waals surface area contributed by atoms with Crippen LogP contribution < -0.4 is 15.5 Å². The number of carbonyl (C=O) groups is 2. The summed E-state index contributed by atoms with van der Waals surface area (Å²) < 4.78 is 5.43. The summed E-state index contributed by atoms with van der Waals surface area (Å²) in [5, 5.41) is 6.18. The lowest BCUT2D eigenvalue weighted by Crippen LogP contribution is -2.38. The quantitative estimate of drug-likeness (QED) is 0.318. The number of unbranched alkanes of at least 4 members (excludes halogenated alkanes) is 5. The molecule has 1 fully saturated rings. The van der Waals surface area contributed by atoms with E-state index in [2.05, 4.69) is 51.6 Å². The molecule has 0 saturated carbocycles. The predicted molar refractivity (Wildman–Crippen MR) is 158 cm³/mol. The number of carbonyl (C=O) groups excluding carboxylic acids is 2. The van der Waals surface area contributed by atoms with Gasteiger partial charge in [0.2, 0.25) is 5.91 Å². The lowest BCUT2D eigenvalue weighted by molar-refractivity contribution is -0.116. The van der Waals surface area contributed by atoms with Crippen molar-refractivity contribution in [2.24, 2.45) is 0 Å². The Balaban J connectivity index is 1.39. The molecule has 1 saturated heterocycles. The maximum absolute atomic E-state index is 13.5. The van der Waals surface area contributed by atoms with Gasteiger partial charge in [-0.15, -0.1) is 0 Å². The smallest absolute Gasteiger partial charge is 0.253 e. The highest BCUT2D eigenvalue weighted by atomic mass is 16.5. The Morgan fingerprint density at radius 2 is 1.67 bits per heavy atom. The van der Waals surface area contributed by atoms with Gasteiger partial charge >= 0.3 is 0 Å². The van der Waals surface area contributed by atoms with Gasteiger partial charge in [0.1, 0.15) is 0 Å². The zero-order chi connectivity index (χ0) is 27.3. The lowest BCUT2D eigenvalue weighted by atomic mass is 9.98. The minimum absolute atomic E-state index is 0.0158. The van der Waals surface area contributed by atoms with Crippen molar-refractivity contribution in [2.75, 3.05) is 56.2 Å². The highest BCUT2D eigenvalue weighted by Gasteiger charge is 2.22. The number of nitrogens with one attached hydrogen (secondary N) is 2. The van der Waals surface area contributed by atoms with Gasteiger partial charge in [-0.05, 0) is 55.1 Å². The normalized spacial score (nSPS) is 15.6. The number of benzene rings is 2. The molecular formula is C32H46N4O3. The van der Waals surface area contributed by atoms with Gasteiger partial charge in [0.25, 0.3) is 5.91 Å². The van der Waals surface area contributed by atoms with Crippen LogP contribution in [-0.2, 0) is 22.5 Å². The van der Waals surface area contributed by atoms with Crippen LogP contribution in [-0.4, -0.2) is 62.7 Å². The Bertz CT molecular complexity index is 1070. The summed E-state index contributed by atoms with van der Waals surface area (Å²) in [5.41, 5.74) is 4.91. The average molecular weight is 535 g/mol. The highest BCUT2D eigenvalue weighted by Crippen LogP contribution is 2.30. The van der Waals surface area contributed by atoms with Crippen LogP contribution in [0.5, 0.6) is 0 Å². The molecule has 212 valence electrons. The third kappa shape index (κ3) is 9.07. The molecule has 2 aromatic carbocycles. The number of hydrogen-bond donors (Lipinski definition) is 2. The molecule has 0 unspecified atom stereocenters. The molecule has 0 aromatic heterocycles. The fraction of sp³-hybridized carbons (Fsp3) is 0.562. The highest BCUT2D eigenvalue weighted by molar-refractivity contribution is 6.02. The van der Waals surface area contributed by atoms with Gasteiger partial charge in [-0.2, -0.15) is 0 Å². The van der Waals surface area contributed by atoms with Gasteiger partial charge < -0.3 is 20.3 Å². The molecule has 0 atom stereocenters. The SMILES string of the molecule is CCCCCCCCC(=O)Nc1ccc(N2CCc3ccccc3C2)c(C(=O)NCCCN2CCOCC2)c1. The molecule has 7 nitrogen and oxygen atoms in total. The first-order chi connectivity index (χ1) is 19.1. The Hall–Kier alpha value is -2.90. The molecule has 7 heteroatoms. The number of anilines is 2. The molecule has 0 radical (unpaired) electrons. The molecule has 2 amide bonds. The van der Waals surface area contributed by atoms with E-state index in [1.807, 2.05) is 18.2 Å². The summed E-state index contributed by atoms with van der Waals surface area (Å²) in [6.45, 7) is 8.89. The van der Waals surface area contributed by atoms with Crippen LogP contribution in [0.4, 0.5) is 11.4 Å². The van der Waals surface area contributed by atoms with E-state index in [0.29, 0.717) is 24.2 Å². The second kappa shape index (κ2) is 15.6. The van der Waals surface area contributed by atoms with Gasteiger partial charge in [0.15, 0.2) is 0 Å². The number of nitrogens with zero attached hydrogens (tertiary/aromatic N) is 2. The fourth-order valence-corrected chi connectivity index (χ4v) is 5.49. The Labute approximate surface area is 234 Å². The maximum Gasteiger partial charge on any atom is 0.253 e. The number of fused-ring (bicyclic) bond motifs is 1. The van der Waals surface area contributed by atoms with E-state index < -0.39 is 0 Å². The molecule has 0 bridgehead atoms. The molecule has 2 aliphatic rings. The lowest BCUT2D eigenvalue weighted by Gasteiger charge is -2.32. The third-order valence-electron chi connectivity index (χ3n) is 7.79. The van der Waals surface area contributed by atoms with E-state index in [9.17, 15) is 9.59 Å². The van der Waals surface area contributed by atoms with Crippen LogP contribution in [0.3, 0.4) is 0 Å². The molecule has 2 N–H and O–H groups in total. The van der Waals surface area contributed by atoms with Crippen molar-refractivity contribution in [1.82, 2.24) is 10.2 Å². The molecule has 39 heavy (non-hydrogen) atoms. The number of amides is 2. The van der Waals surface area contributed by atoms with Crippen LogP contribution in [0.15, 0.2) is 42.5 Å². The zero-order valence-electron chi connectivity index (χ0n) is 23.7. The van der Waals surface area contributed by atoms with Crippen LogP contribution in [0.25, 0.3) is 0 Å². The summed E-state index contributed by atoms with van der Waals surface area (Å²) in [6, 6.07) is 14.3. The first kappa shape index (κ1) is 29.1. The fourth-order valence-electron chi connectivity index (χ4n) is 5.49. The van der Waals surface area contributed by atoms with E-state index in [0.717, 1.165) is 77.3 Å². The predicted octanol–water partition coefficient (Wildman–Crippen LogP) is 5.39. The summed E-state index contributed by atoms with van der Waals surface area (Å²) >= 11 is 0. The molecule has 4 rings (SSSR count). The Morgan fingerprint density at radius 3 is 2.49 bits per heavy atom. The minimum Gasteiger partial charge on any atom is -0.379 e. The molecule has 2 heterocycles. The molecular weight excluding hydrogens is 488 g/mol. The number of hydrogen-bond acceptors (Lipinski definition) is 5. The van der Waals surface area contributed by atoms with Crippen molar-refractivity contribution in [3.05, 3.63) is 59.2 Å². The number of morpholine rings is 1. The summed E-state index contributed by atoms with van der Waals surface area (Å²) in [6.07, 6.45) is 9.26. The number of ether oxygens (including phenoxy) is 1. The second-order valence-corrected chi connectivity index (χ2v) is 10.8. The Kier molecular flexibility index (Phi) is 11.7. The summed E-state index contributed by atoms with van der Waals surface area (Å²) in [4.78, 5) is 30.8. The standard InChI is InChI=1S/C32H46N4O3/c1-2-3-4-5-6-7-13-31(37)34-28-14-15-30(36-19-16-26-11-8-9-12-27(26)25-36)29(24-28)32(38)33-17-10-18-35-20-22-39-23-21-35/h8-9,11-12,14-15,24H,2-7,10,13,16-23,25H2,1H3,(H,33,38)(H,34,37). The Morgan fingerprint density at radius 1 is 0.897 bits per heavy atom. The molecule has 0 aliphatic carbocycles. The van der Waals surface area contributed by atoms with Crippen molar-refractivity contribution < 1.29 is 14.3 Å². The minimum atomic E-state index is -0.0853. The van der Waals surface area contributed by atoms with E-state index in [-0.39, 0.29) is 11.8 Å². The van der Waals surface area contributed by atoms with E-state index in [1.165, 1.54) is 36.8 Å². The van der Waals surface area contributed by atoms with Gasteiger partial charge in [-0.3, -0.25) is 14.5 Å². The molecule has 2 aromatic rings. The first-order valence-corrected chi connectivity index (χ1v) is 15.0. The summed E-state index contributed by atoms with van der Waals surface area (Å²) in [5.74, 6) is -0.0696. The maximum atomic E-state index is 13.5. The van der Waals surface area contributed by atoms with Crippen LogP contribution in [0, 0.1) is 0 Å². The topological polar surface area (TPSA) is 73.9 Å². The monoisotopic (exact) mass is 534 g/mol. The van der Waals surface area contributed by atoms with E-state index in [4.69, 9.17) is 4.74 Å². The van der Waals surface area contributed by atoms with Gasteiger partial charge in [0, 0.05) is 50.5 Å². The van der Waals surface area contributed by atoms with Crippen LogP contribution in [0.1, 0.15) is 79.8 Å². The van der Waals surface area contributed by atoms with Crippen LogP contribution in [0.2, 0.25) is 0 Å². The van der Waals surface area contributed by atoms with Gasteiger partial charge in [0.05, 0.1) is 18.8 Å².